The molecule has 1 fully saturated rings. The number of carbonyl (C=O) groups is 1. The highest BCUT2D eigenvalue weighted by Crippen LogP contribution is 2.33. The highest BCUT2D eigenvalue weighted by Gasteiger charge is 2.16. The minimum absolute atomic E-state index is 0.309. The van der Waals surface area contributed by atoms with Crippen molar-refractivity contribution in [3.63, 3.8) is 0 Å². The summed E-state index contributed by atoms with van der Waals surface area (Å²) in [6.45, 7) is 10.8. The van der Waals surface area contributed by atoms with Crippen molar-refractivity contribution < 1.29 is 18.7 Å². The molecule has 3 rings (SSSR count). The first-order chi connectivity index (χ1) is 15.5. The van der Waals surface area contributed by atoms with Gasteiger partial charge in [0.05, 0.1) is 25.7 Å². The number of nitrogens with zero attached hydrogens (tertiary/aromatic N) is 3. The molecule has 0 bridgehead atoms. The quantitative estimate of drug-likeness (QED) is 0.472. The molecule has 1 aromatic heterocycles. The number of benzene rings is 1. The Labute approximate surface area is 195 Å². The molecule has 1 aromatic carbocycles. The maximum Gasteiger partial charge on any atom is 0.226 e. The SMILES string of the molecule is CCN1CCN(CCCC(=O)CSCc2nc(-c3ccc(OC)c(OC)c3)oc2C)CC1. The molecule has 0 unspecified atom stereocenters. The van der Waals surface area contributed by atoms with Crippen LogP contribution in [0, 0.1) is 6.92 Å². The molecular formula is C24H35N3O4S. The number of rotatable bonds is 12. The van der Waals surface area contributed by atoms with Crippen LogP contribution >= 0.6 is 11.8 Å². The average Bonchev–Trinajstić information content (AvgIpc) is 3.19. The van der Waals surface area contributed by atoms with Crippen LogP contribution in [0.4, 0.5) is 0 Å². The second-order valence-electron chi connectivity index (χ2n) is 8.00. The normalized spacial score (nSPS) is 15.1. The van der Waals surface area contributed by atoms with Gasteiger partial charge in [-0.05, 0) is 44.6 Å². The van der Waals surface area contributed by atoms with Gasteiger partial charge >= 0.3 is 0 Å². The molecule has 1 aliphatic rings. The Morgan fingerprint density at radius 2 is 1.84 bits per heavy atom. The van der Waals surface area contributed by atoms with Gasteiger partial charge in [0.1, 0.15) is 11.5 Å². The number of ether oxygens (including phenoxy) is 2. The van der Waals surface area contributed by atoms with Gasteiger partial charge in [0.25, 0.3) is 0 Å². The summed E-state index contributed by atoms with van der Waals surface area (Å²) in [6.07, 6.45) is 1.59. The zero-order valence-corrected chi connectivity index (χ0v) is 20.5. The molecule has 0 amide bonds. The van der Waals surface area contributed by atoms with Gasteiger partial charge in [0.15, 0.2) is 11.5 Å². The predicted molar refractivity (Wildman–Crippen MR) is 129 cm³/mol. The summed E-state index contributed by atoms with van der Waals surface area (Å²) in [5.41, 5.74) is 1.71. The molecule has 0 radical (unpaired) electrons. The number of Topliss-reactive ketones (excluding diaryl/α,β-unsaturated/α-hetero) is 1. The minimum Gasteiger partial charge on any atom is -0.493 e. The van der Waals surface area contributed by atoms with Crippen molar-refractivity contribution in [3.8, 4) is 23.0 Å². The summed E-state index contributed by atoms with van der Waals surface area (Å²) in [7, 11) is 3.21. The topological polar surface area (TPSA) is 68.0 Å². The van der Waals surface area contributed by atoms with Crippen LogP contribution in [-0.4, -0.2) is 79.8 Å². The monoisotopic (exact) mass is 461 g/mol. The zero-order valence-electron chi connectivity index (χ0n) is 19.7. The second kappa shape index (κ2) is 12.3. The Kier molecular flexibility index (Phi) is 9.44. The van der Waals surface area contributed by atoms with Crippen LogP contribution in [0.15, 0.2) is 22.6 Å². The molecule has 1 saturated heterocycles. The Morgan fingerprint density at radius 1 is 1.12 bits per heavy atom. The van der Waals surface area contributed by atoms with Crippen LogP contribution in [-0.2, 0) is 10.5 Å². The van der Waals surface area contributed by atoms with E-state index in [9.17, 15) is 4.79 Å². The molecule has 176 valence electrons. The maximum absolute atomic E-state index is 12.3. The number of oxazole rings is 1. The third-order valence-electron chi connectivity index (χ3n) is 5.87. The first-order valence-electron chi connectivity index (χ1n) is 11.3. The number of likely N-dealkylation sites (N-methyl/N-ethyl adjacent to an activating group) is 1. The van der Waals surface area contributed by atoms with Crippen molar-refractivity contribution in [1.82, 2.24) is 14.8 Å². The molecule has 32 heavy (non-hydrogen) atoms. The van der Waals surface area contributed by atoms with Gasteiger partial charge < -0.3 is 23.7 Å². The highest BCUT2D eigenvalue weighted by molar-refractivity contribution is 7.99. The zero-order chi connectivity index (χ0) is 22.9. The molecule has 1 aliphatic heterocycles. The second-order valence-corrected chi connectivity index (χ2v) is 8.99. The van der Waals surface area contributed by atoms with Crippen molar-refractivity contribution in [2.75, 3.05) is 59.2 Å². The van der Waals surface area contributed by atoms with Crippen molar-refractivity contribution in [1.29, 1.82) is 0 Å². The molecule has 0 aliphatic carbocycles. The number of hydrogen-bond donors (Lipinski definition) is 0. The summed E-state index contributed by atoms with van der Waals surface area (Å²) >= 11 is 1.60. The van der Waals surface area contributed by atoms with Crippen LogP contribution in [0.25, 0.3) is 11.5 Å². The Morgan fingerprint density at radius 3 is 2.53 bits per heavy atom. The number of thioether (sulfide) groups is 1. The molecule has 0 N–H and O–H groups in total. The lowest BCUT2D eigenvalue weighted by atomic mass is 10.2. The van der Waals surface area contributed by atoms with Gasteiger partial charge in [0.2, 0.25) is 5.89 Å². The molecule has 7 nitrogen and oxygen atoms in total. The number of carbonyl (C=O) groups excluding carboxylic acids is 1. The third-order valence-corrected chi connectivity index (χ3v) is 6.87. The summed E-state index contributed by atoms with van der Waals surface area (Å²) in [6, 6.07) is 5.59. The lowest BCUT2D eigenvalue weighted by molar-refractivity contribution is -0.116. The minimum atomic E-state index is 0.309. The first kappa shape index (κ1) is 24.6. The Hall–Kier alpha value is -2.03. The van der Waals surface area contributed by atoms with Crippen LogP contribution in [0.3, 0.4) is 0 Å². The molecule has 0 spiro atoms. The molecule has 8 heteroatoms. The van der Waals surface area contributed by atoms with Crippen molar-refractivity contribution in [2.24, 2.45) is 0 Å². The van der Waals surface area contributed by atoms with E-state index in [1.807, 2.05) is 25.1 Å². The molecular weight excluding hydrogens is 426 g/mol. The van der Waals surface area contributed by atoms with E-state index in [0.29, 0.717) is 41.1 Å². The number of methoxy groups -OCH3 is 2. The number of ketones is 1. The number of aromatic nitrogens is 1. The van der Waals surface area contributed by atoms with Gasteiger partial charge in [-0.25, -0.2) is 4.98 Å². The van der Waals surface area contributed by atoms with E-state index in [2.05, 4.69) is 21.7 Å². The number of piperazine rings is 1. The van der Waals surface area contributed by atoms with E-state index in [-0.39, 0.29) is 0 Å². The molecule has 2 aromatic rings. The lowest BCUT2D eigenvalue weighted by Crippen LogP contribution is -2.46. The van der Waals surface area contributed by atoms with Crippen molar-refractivity contribution in [2.45, 2.75) is 32.4 Å². The summed E-state index contributed by atoms with van der Waals surface area (Å²) in [5, 5.41) is 0. The fraction of sp³-hybridized carbons (Fsp3) is 0.583. The van der Waals surface area contributed by atoms with E-state index in [1.54, 1.807) is 26.0 Å². The van der Waals surface area contributed by atoms with Gasteiger partial charge in [-0.3, -0.25) is 4.79 Å². The van der Waals surface area contributed by atoms with Crippen LogP contribution in [0.5, 0.6) is 11.5 Å². The van der Waals surface area contributed by atoms with Gasteiger partial charge in [0, 0.05) is 43.9 Å². The fourth-order valence-corrected chi connectivity index (χ4v) is 4.75. The van der Waals surface area contributed by atoms with Crippen molar-refractivity contribution in [3.05, 3.63) is 29.7 Å². The molecule has 0 saturated carbocycles. The van der Waals surface area contributed by atoms with Crippen LogP contribution in [0.2, 0.25) is 0 Å². The Balaban J connectivity index is 1.41. The highest BCUT2D eigenvalue weighted by atomic mass is 32.2. The number of aryl methyl sites for hydroxylation is 1. The van der Waals surface area contributed by atoms with Gasteiger partial charge in [-0.15, -0.1) is 11.8 Å². The first-order valence-corrected chi connectivity index (χ1v) is 12.4. The lowest BCUT2D eigenvalue weighted by Gasteiger charge is -2.33. The van der Waals surface area contributed by atoms with E-state index in [1.165, 1.54) is 0 Å². The van der Waals surface area contributed by atoms with E-state index in [4.69, 9.17) is 13.9 Å². The standard InChI is InChI=1S/C24H35N3O4S/c1-5-26-11-13-27(14-12-26)10-6-7-20(28)16-32-17-21-18(2)31-24(25-21)19-8-9-22(29-3)23(15-19)30-4/h8-9,15H,5-7,10-14,16-17H2,1-4H3. The molecule has 2 heterocycles. The summed E-state index contributed by atoms with van der Waals surface area (Å²) < 4.78 is 16.5. The largest absolute Gasteiger partial charge is 0.493 e. The van der Waals surface area contributed by atoms with Gasteiger partial charge in [-0.1, -0.05) is 6.92 Å². The average molecular weight is 462 g/mol. The fourth-order valence-electron chi connectivity index (χ4n) is 3.82. The molecule has 0 atom stereocenters. The van der Waals surface area contributed by atoms with E-state index in [0.717, 1.165) is 62.7 Å². The third kappa shape index (κ3) is 6.73. The summed E-state index contributed by atoms with van der Waals surface area (Å²) in [5.74, 6) is 4.11. The smallest absolute Gasteiger partial charge is 0.226 e. The van der Waals surface area contributed by atoms with Crippen LogP contribution < -0.4 is 9.47 Å². The van der Waals surface area contributed by atoms with E-state index >= 15 is 0 Å². The number of hydrogen-bond acceptors (Lipinski definition) is 8. The van der Waals surface area contributed by atoms with Gasteiger partial charge in [-0.2, -0.15) is 0 Å². The van der Waals surface area contributed by atoms with Crippen LogP contribution in [0.1, 0.15) is 31.2 Å². The van der Waals surface area contributed by atoms with Crippen molar-refractivity contribution >= 4 is 17.5 Å². The van der Waals surface area contributed by atoms with E-state index < -0.39 is 0 Å². The maximum atomic E-state index is 12.3. The summed E-state index contributed by atoms with van der Waals surface area (Å²) in [4.78, 5) is 21.9. The Bertz CT molecular complexity index is 878. The predicted octanol–water partition coefficient (Wildman–Crippen LogP) is 3.89.